The summed E-state index contributed by atoms with van der Waals surface area (Å²) in [5, 5.41) is 13.1. The van der Waals surface area contributed by atoms with Crippen molar-refractivity contribution in [2.45, 2.75) is 44.7 Å². The van der Waals surface area contributed by atoms with Crippen LogP contribution < -0.4 is 14.8 Å². The fourth-order valence-electron chi connectivity index (χ4n) is 4.43. The number of fused-ring (bicyclic) bond motifs is 1. The second-order valence-electron chi connectivity index (χ2n) is 8.62. The molecule has 190 valence electrons. The summed E-state index contributed by atoms with van der Waals surface area (Å²) >= 11 is 0. The van der Waals surface area contributed by atoms with Crippen molar-refractivity contribution in [1.29, 1.82) is 0 Å². The molecule has 3 aromatic carbocycles. The summed E-state index contributed by atoms with van der Waals surface area (Å²) in [7, 11) is 0. The van der Waals surface area contributed by atoms with Gasteiger partial charge in [-0.25, -0.2) is 9.18 Å². The van der Waals surface area contributed by atoms with Gasteiger partial charge in [-0.1, -0.05) is 37.1 Å². The number of alkyl halides is 3. The highest BCUT2D eigenvalue weighted by Crippen LogP contribution is 2.33. The molecule has 0 unspecified atom stereocenters. The van der Waals surface area contributed by atoms with Gasteiger partial charge in [0.1, 0.15) is 30.0 Å². The average Bonchev–Trinajstić information content (AvgIpc) is 3.35. The molecule has 1 aliphatic rings. The van der Waals surface area contributed by atoms with Gasteiger partial charge in [-0.15, -0.1) is 13.2 Å². The monoisotopic (exact) mass is 505 g/mol. The number of halogens is 4. The fourth-order valence-corrected chi connectivity index (χ4v) is 4.43. The fraction of sp³-hybridized carbons (Fsp3) is 0.308. The lowest BCUT2D eigenvalue weighted by Crippen LogP contribution is -2.45. The maximum absolute atomic E-state index is 14.1. The number of benzene rings is 3. The van der Waals surface area contributed by atoms with E-state index in [9.17, 15) is 32.3 Å². The average molecular weight is 505 g/mol. The predicted molar refractivity (Wildman–Crippen MR) is 122 cm³/mol. The second-order valence-corrected chi connectivity index (χ2v) is 8.62. The highest BCUT2D eigenvalue weighted by atomic mass is 19.4. The Labute approximate surface area is 203 Å². The summed E-state index contributed by atoms with van der Waals surface area (Å²) in [6, 6.07) is 11.0. The van der Waals surface area contributed by atoms with Crippen molar-refractivity contribution in [2.75, 3.05) is 0 Å². The van der Waals surface area contributed by atoms with Crippen LogP contribution in [0.2, 0.25) is 0 Å². The van der Waals surface area contributed by atoms with E-state index in [2.05, 4.69) is 10.1 Å². The quantitative estimate of drug-likeness (QED) is 0.377. The van der Waals surface area contributed by atoms with E-state index < -0.39 is 35.8 Å². The summed E-state index contributed by atoms with van der Waals surface area (Å²) in [6.45, 7) is -0.146. The number of carbonyl (C=O) groups excluding carboxylic acids is 1. The van der Waals surface area contributed by atoms with Crippen molar-refractivity contribution in [3.05, 3.63) is 71.5 Å². The number of rotatable bonds is 8. The molecular weight excluding hydrogens is 482 g/mol. The van der Waals surface area contributed by atoms with Crippen molar-refractivity contribution < 1.29 is 41.7 Å². The molecule has 0 aromatic heterocycles. The molecule has 1 fully saturated rings. The zero-order valence-electron chi connectivity index (χ0n) is 19.0. The van der Waals surface area contributed by atoms with E-state index in [0.29, 0.717) is 29.2 Å². The van der Waals surface area contributed by atoms with Gasteiger partial charge in [0.15, 0.2) is 0 Å². The highest BCUT2D eigenvalue weighted by Gasteiger charge is 2.33. The van der Waals surface area contributed by atoms with Crippen LogP contribution in [0.15, 0.2) is 54.6 Å². The summed E-state index contributed by atoms with van der Waals surface area (Å²) in [4.78, 5) is 25.0. The van der Waals surface area contributed by atoms with Gasteiger partial charge < -0.3 is 19.9 Å². The predicted octanol–water partition coefficient (Wildman–Crippen LogP) is 5.83. The van der Waals surface area contributed by atoms with Crippen LogP contribution in [0.1, 0.15) is 41.6 Å². The van der Waals surface area contributed by atoms with E-state index in [0.717, 1.165) is 25.0 Å². The number of carboxylic acid groups (broad SMARTS) is 1. The highest BCUT2D eigenvalue weighted by molar-refractivity contribution is 6.05. The first-order valence-corrected chi connectivity index (χ1v) is 11.3. The molecule has 1 aliphatic carbocycles. The minimum absolute atomic E-state index is 0.0226. The lowest BCUT2D eigenvalue weighted by molar-refractivity contribution is -0.274. The van der Waals surface area contributed by atoms with Crippen LogP contribution >= 0.6 is 0 Å². The summed E-state index contributed by atoms with van der Waals surface area (Å²) < 4.78 is 61.0. The number of carboxylic acids is 1. The molecule has 3 aromatic rings. The maximum atomic E-state index is 14.1. The molecule has 4 rings (SSSR count). The van der Waals surface area contributed by atoms with Gasteiger partial charge in [-0.2, -0.15) is 0 Å². The largest absolute Gasteiger partial charge is 0.573 e. The third-order valence-electron chi connectivity index (χ3n) is 6.14. The Morgan fingerprint density at radius 1 is 1.03 bits per heavy atom. The van der Waals surface area contributed by atoms with E-state index in [4.69, 9.17) is 4.74 Å². The van der Waals surface area contributed by atoms with Crippen molar-refractivity contribution >= 4 is 22.6 Å². The molecule has 0 spiro atoms. The molecule has 0 heterocycles. The number of ether oxygens (including phenoxy) is 2. The van der Waals surface area contributed by atoms with Gasteiger partial charge in [-0.3, -0.25) is 4.79 Å². The number of hydrogen-bond acceptors (Lipinski definition) is 4. The molecule has 0 radical (unpaired) electrons. The van der Waals surface area contributed by atoms with Crippen LogP contribution in [-0.4, -0.2) is 29.4 Å². The molecule has 10 heteroatoms. The zero-order chi connectivity index (χ0) is 25.9. The molecular formula is C26H23F4NO5. The Morgan fingerprint density at radius 2 is 1.69 bits per heavy atom. The molecule has 0 saturated heterocycles. The van der Waals surface area contributed by atoms with Crippen molar-refractivity contribution in [3.8, 4) is 11.5 Å². The van der Waals surface area contributed by atoms with E-state index in [1.54, 1.807) is 6.07 Å². The third kappa shape index (κ3) is 6.05. The van der Waals surface area contributed by atoms with Crippen LogP contribution in [0.4, 0.5) is 17.6 Å². The first kappa shape index (κ1) is 25.3. The number of nitrogens with one attached hydrogen (secondary N) is 1. The van der Waals surface area contributed by atoms with Gasteiger partial charge in [0, 0.05) is 5.39 Å². The molecule has 1 amide bonds. The van der Waals surface area contributed by atoms with E-state index in [-0.39, 0.29) is 23.8 Å². The van der Waals surface area contributed by atoms with E-state index in [1.807, 2.05) is 0 Å². The van der Waals surface area contributed by atoms with Crippen LogP contribution in [-0.2, 0) is 11.4 Å². The molecule has 2 N–H and O–H groups in total. The maximum Gasteiger partial charge on any atom is 0.573 e. The van der Waals surface area contributed by atoms with E-state index >= 15 is 0 Å². The van der Waals surface area contributed by atoms with Gasteiger partial charge >= 0.3 is 12.3 Å². The first-order chi connectivity index (χ1) is 17.1. The lowest BCUT2D eigenvalue weighted by atomic mass is 9.97. The topological polar surface area (TPSA) is 84.9 Å². The summed E-state index contributed by atoms with van der Waals surface area (Å²) in [6.07, 6.45) is -1.66. The number of hydrogen-bond donors (Lipinski definition) is 2. The van der Waals surface area contributed by atoms with Gasteiger partial charge in [-0.05, 0) is 60.0 Å². The first-order valence-electron chi connectivity index (χ1n) is 11.3. The van der Waals surface area contributed by atoms with Crippen molar-refractivity contribution in [2.24, 2.45) is 5.92 Å². The number of carbonyl (C=O) groups is 2. The minimum Gasteiger partial charge on any atom is -0.487 e. The van der Waals surface area contributed by atoms with Crippen molar-refractivity contribution in [1.82, 2.24) is 5.32 Å². The lowest BCUT2D eigenvalue weighted by Gasteiger charge is -2.22. The standard InChI is InChI=1S/C26H23F4NO5/c27-18-9-7-16-8-12-20(24(32)31-22(25(33)34)17-3-1-2-4-17)23(21(16)13-18)35-14-15-5-10-19(11-6-15)36-26(28,29)30/h5-13,17,22H,1-4,14H2,(H,31,32)(H,33,34)/t22-/m0/s1. The second kappa shape index (κ2) is 10.4. The van der Waals surface area contributed by atoms with Crippen LogP contribution in [0.3, 0.4) is 0 Å². The molecule has 36 heavy (non-hydrogen) atoms. The Hall–Kier alpha value is -3.82. The van der Waals surface area contributed by atoms with Crippen LogP contribution in [0.5, 0.6) is 11.5 Å². The van der Waals surface area contributed by atoms with E-state index in [1.165, 1.54) is 36.4 Å². The number of amides is 1. The molecule has 1 atom stereocenters. The number of aliphatic carboxylic acids is 1. The van der Waals surface area contributed by atoms with Gasteiger partial charge in [0.25, 0.3) is 5.91 Å². The molecule has 0 bridgehead atoms. The normalized spacial score (nSPS) is 15.0. The van der Waals surface area contributed by atoms with Crippen molar-refractivity contribution in [3.63, 3.8) is 0 Å². The SMILES string of the molecule is O=C(N[C@H](C(=O)O)C1CCCC1)c1ccc2ccc(F)cc2c1OCc1ccc(OC(F)(F)F)cc1. The Morgan fingerprint density at radius 3 is 2.33 bits per heavy atom. The smallest absolute Gasteiger partial charge is 0.487 e. The zero-order valence-corrected chi connectivity index (χ0v) is 19.0. The molecule has 1 saturated carbocycles. The third-order valence-corrected chi connectivity index (χ3v) is 6.14. The molecule has 6 nitrogen and oxygen atoms in total. The van der Waals surface area contributed by atoms with Crippen LogP contribution in [0, 0.1) is 11.7 Å². The van der Waals surface area contributed by atoms with Gasteiger partial charge in [0.2, 0.25) is 0 Å². The summed E-state index contributed by atoms with van der Waals surface area (Å²) in [5.74, 6) is -2.92. The molecule has 0 aliphatic heterocycles. The van der Waals surface area contributed by atoms with Crippen LogP contribution in [0.25, 0.3) is 10.8 Å². The minimum atomic E-state index is -4.82. The Kier molecular flexibility index (Phi) is 7.32. The van der Waals surface area contributed by atoms with Gasteiger partial charge in [0.05, 0.1) is 5.56 Å². The Balaban J connectivity index is 1.61. The summed E-state index contributed by atoms with van der Waals surface area (Å²) in [5.41, 5.74) is 0.494. The Bertz CT molecular complexity index is 1250.